The third-order valence-electron chi connectivity index (χ3n) is 4.20. The summed E-state index contributed by atoms with van der Waals surface area (Å²) in [4.78, 5) is 25.1. The Labute approximate surface area is 134 Å². The molecule has 0 spiro atoms. The number of carbonyl (C=O) groups excluding carboxylic acids is 1. The molecule has 23 heavy (non-hydrogen) atoms. The lowest BCUT2D eigenvalue weighted by Gasteiger charge is -2.21. The topological polar surface area (TPSA) is 75.4 Å². The van der Waals surface area contributed by atoms with Crippen LogP contribution in [0.4, 0.5) is 0 Å². The van der Waals surface area contributed by atoms with Gasteiger partial charge in [-0.05, 0) is 38.0 Å². The lowest BCUT2D eigenvalue weighted by atomic mass is 10.2. The standard InChI is InChI=1S/C17H19N3O3/c1-11(17(22)23)19(2)16(21)15-10-14(12-8-9-12)18-20(15)13-6-4-3-5-7-13/h3-7,10-12H,8-9H2,1-2H3,(H,22,23). The van der Waals surface area contributed by atoms with Crippen molar-refractivity contribution < 1.29 is 14.7 Å². The molecule has 1 unspecified atom stereocenters. The Morgan fingerprint density at radius 2 is 1.96 bits per heavy atom. The Morgan fingerprint density at radius 1 is 1.30 bits per heavy atom. The predicted octanol–water partition coefficient (Wildman–Crippen LogP) is 2.29. The van der Waals surface area contributed by atoms with Gasteiger partial charge < -0.3 is 10.0 Å². The maximum absolute atomic E-state index is 12.7. The van der Waals surface area contributed by atoms with Crippen LogP contribution in [0.2, 0.25) is 0 Å². The molecule has 1 N–H and O–H groups in total. The zero-order valence-corrected chi connectivity index (χ0v) is 13.1. The number of nitrogens with zero attached hydrogens (tertiary/aromatic N) is 3. The molecular formula is C17H19N3O3. The molecule has 6 nitrogen and oxygen atoms in total. The molecule has 1 aliphatic carbocycles. The number of hydrogen-bond acceptors (Lipinski definition) is 3. The molecule has 0 bridgehead atoms. The van der Waals surface area contributed by atoms with Gasteiger partial charge in [-0.3, -0.25) is 4.79 Å². The first-order chi connectivity index (χ1) is 11.0. The van der Waals surface area contributed by atoms with E-state index in [9.17, 15) is 9.59 Å². The first-order valence-corrected chi connectivity index (χ1v) is 7.64. The first-order valence-electron chi connectivity index (χ1n) is 7.64. The van der Waals surface area contributed by atoms with E-state index in [1.807, 2.05) is 30.3 Å². The molecule has 1 fully saturated rings. The summed E-state index contributed by atoms with van der Waals surface area (Å²) < 4.78 is 1.61. The van der Waals surface area contributed by atoms with Crippen molar-refractivity contribution in [1.82, 2.24) is 14.7 Å². The molecule has 3 rings (SSSR count). The summed E-state index contributed by atoms with van der Waals surface area (Å²) in [5.74, 6) is -0.967. The number of carbonyl (C=O) groups is 2. The fourth-order valence-electron chi connectivity index (χ4n) is 2.42. The van der Waals surface area contributed by atoms with Gasteiger partial charge in [-0.1, -0.05) is 18.2 Å². The summed E-state index contributed by atoms with van der Waals surface area (Å²) in [6.07, 6.45) is 2.17. The van der Waals surface area contributed by atoms with Crippen LogP contribution < -0.4 is 0 Å². The lowest BCUT2D eigenvalue weighted by Crippen LogP contribution is -2.41. The van der Waals surface area contributed by atoms with Crippen LogP contribution in [0.3, 0.4) is 0 Å². The molecule has 1 heterocycles. The van der Waals surface area contributed by atoms with Crippen molar-refractivity contribution in [3.63, 3.8) is 0 Å². The van der Waals surface area contributed by atoms with Gasteiger partial charge in [0, 0.05) is 13.0 Å². The number of carboxylic acid groups (broad SMARTS) is 1. The van der Waals surface area contributed by atoms with E-state index in [0.717, 1.165) is 24.2 Å². The van der Waals surface area contributed by atoms with Crippen LogP contribution in [0, 0.1) is 0 Å². The monoisotopic (exact) mass is 313 g/mol. The Morgan fingerprint density at radius 3 is 2.52 bits per heavy atom. The van der Waals surface area contributed by atoms with Gasteiger partial charge in [0.05, 0.1) is 11.4 Å². The molecule has 1 saturated carbocycles. The largest absolute Gasteiger partial charge is 0.480 e. The van der Waals surface area contributed by atoms with Crippen LogP contribution in [0.1, 0.15) is 41.9 Å². The Balaban J connectivity index is 2.00. The van der Waals surface area contributed by atoms with E-state index < -0.39 is 12.0 Å². The molecule has 1 aliphatic rings. The van der Waals surface area contributed by atoms with E-state index in [1.165, 1.54) is 18.9 Å². The van der Waals surface area contributed by atoms with Crippen molar-refractivity contribution in [2.24, 2.45) is 0 Å². The quantitative estimate of drug-likeness (QED) is 0.919. The second kappa shape index (κ2) is 5.87. The lowest BCUT2D eigenvalue weighted by molar-refractivity contribution is -0.141. The minimum atomic E-state index is -1.03. The number of benzene rings is 1. The van der Waals surface area contributed by atoms with Gasteiger partial charge in [-0.2, -0.15) is 5.10 Å². The molecule has 1 aromatic carbocycles. The molecule has 0 radical (unpaired) electrons. The minimum absolute atomic E-state index is 0.344. The minimum Gasteiger partial charge on any atom is -0.480 e. The number of hydrogen-bond donors (Lipinski definition) is 1. The number of aromatic nitrogens is 2. The number of rotatable bonds is 5. The predicted molar refractivity (Wildman–Crippen MR) is 84.7 cm³/mol. The molecule has 1 amide bonds. The van der Waals surface area contributed by atoms with E-state index in [2.05, 4.69) is 5.10 Å². The highest BCUT2D eigenvalue weighted by atomic mass is 16.4. The highest BCUT2D eigenvalue weighted by Crippen LogP contribution is 2.39. The SMILES string of the molecule is CC(C(=O)O)N(C)C(=O)c1cc(C2CC2)nn1-c1ccccc1. The van der Waals surface area contributed by atoms with E-state index in [0.29, 0.717) is 11.6 Å². The van der Waals surface area contributed by atoms with E-state index in [4.69, 9.17) is 5.11 Å². The van der Waals surface area contributed by atoms with Crippen molar-refractivity contribution in [2.45, 2.75) is 31.7 Å². The van der Waals surface area contributed by atoms with Crippen LogP contribution in [0.5, 0.6) is 0 Å². The molecule has 6 heteroatoms. The van der Waals surface area contributed by atoms with E-state index in [1.54, 1.807) is 10.7 Å². The van der Waals surface area contributed by atoms with Crippen molar-refractivity contribution in [2.75, 3.05) is 7.05 Å². The maximum Gasteiger partial charge on any atom is 0.326 e. The summed E-state index contributed by atoms with van der Waals surface area (Å²) in [5, 5.41) is 13.7. The average Bonchev–Trinajstić information content (AvgIpc) is 3.32. The fourth-order valence-corrected chi connectivity index (χ4v) is 2.42. The zero-order valence-electron chi connectivity index (χ0n) is 13.1. The third-order valence-corrected chi connectivity index (χ3v) is 4.20. The first kappa shape index (κ1) is 15.3. The number of carboxylic acids is 1. The molecule has 120 valence electrons. The molecule has 0 aliphatic heterocycles. The average molecular weight is 313 g/mol. The number of para-hydroxylation sites is 1. The molecular weight excluding hydrogens is 294 g/mol. The van der Waals surface area contributed by atoms with Crippen molar-refractivity contribution in [3.05, 3.63) is 47.8 Å². The normalized spacial score (nSPS) is 15.2. The molecule has 0 saturated heterocycles. The Kier molecular flexibility index (Phi) is 3.90. The fraction of sp³-hybridized carbons (Fsp3) is 0.353. The zero-order chi connectivity index (χ0) is 16.6. The smallest absolute Gasteiger partial charge is 0.326 e. The van der Waals surface area contributed by atoms with Crippen molar-refractivity contribution in [3.8, 4) is 5.69 Å². The van der Waals surface area contributed by atoms with Crippen LogP contribution in [0.25, 0.3) is 5.69 Å². The highest BCUT2D eigenvalue weighted by Gasteiger charge is 2.31. The van der Waals surface area contributed by atoms with Crippen LogP contribution in [-0.4, -0.2) is 44.8 Å². The Bertz CT molecular complexity index is 735. The van der Waals surface area contributed by atoms with Crippen molar-refractivity contribution in [1.29, 1.82) is 0 Å². The van der Waals surface area contributed by atoms with Gasteiger partial charge in [-0.25, -0.2) is 9.48 Å². The molecule has 1 aromatic heterocycles. The van der Waals surface area contributed by atoms with Gasteiger partial charge in [0.25, 0.3) is 5.91 Å². The maximum atomic E-state index is 12.7. The van der Waals surface area contributed by atoms with Gasteiger partial charge >= 0.3 is 5.97 Å². The Hall–Kier alpha value is -2.63. The van der Waals surface area contributed by atoms with Gasteiger partial charge in [-0.15, -0.1) is 0 Å². The number of likely N-dealkylation sites (N-methyl/N-ethyl adjacent to an activating group) is 1. The molecule has 1 atom stereocenters. The van der Waals surface area contributed by atoms with E-state index in [-0.39, 0.29) is 5.91 Å². The summed E-state index contributed by atoms with van der Waals surface area (Å²) in [6.45, 7) is 1.49. The molecule has 2 aromatic rings. The van der Waals surface area contributed by atoms with Gasteiger partial charge in [0.15, 0.2) is 0 Å². The summed E-state index contributed by atoms with van der Waals surface area (Å²) in [7, 11) is 1.50. The number of aliphatic carboxylic acids is 1. The van der Waals surface area contributed by atoms with Gasteiger partial charge in [0.2, 0.25) is 0 Å². The van der Waals surface area contributed by atoms with Crippen molar-refractivity contribution >= 4 is 11.9 Å². The summed E-state index contributed by atoms with van der Waals surface area (Å²) >= 11 is 0. The van der Waals surface area contributed by atoms with E-state index >= 15 is 0 Å². The van der Waals surface area contributed by atoms with Crippen LogP contribution >= 0.6 is 0 Å². The highest BCUT2D eigenvalue weighted by molar-refractivity contribution is 5.95. The summed E-state index contributed by atoms with van der Waals surface area (Å²) in [5.41, 5.74) is 2.08. The number of amides is 1. The van der Waals surface area contributed by atoms with Crippen LogP contribution in [-0.2, 0) is 4.79 Å². The summed E-state index contributed by atoms with van der Waals surface area (Å²) in [6, 6.07) is 10.3. The second-order valence-electron chi connectivity index (χ2n) is 5.91. The third kappa shape index (κ3) is 2.97. The second-order valence-corrected chi connectivity index (χ2v) is 5.91. The van der Waals surface area contributed by atoms with Crippen LogP contribution in [0.15, 0.2) is 36.4 Å². The van der Waals surface area contributed by atoms with Gasteiger partial charge in [0.1, 0.15) is 11.7 Å².